The van der Waals surface area contributed by atoms with Gasteiger partial charge in [-0.3, -0.25) is 20.4 Å². The van der Waals surface area contributed by atoms with E-state index in [1.807, 2.05) is 26.0 Å². The van der Waals surface area contributed by atoms with Crippen LogP contribution in [0.4, 0.5) is 0 Å². The first kappa shape index (κ1) is 16.8. The van der Waals surface area contributed by atoms with E-state index in [2.05, 4.69) is 10.9 Å². The van der Waals surface area contributed by atoms with Crippen molar-refractivity contribution in [3.63, 3.8) is 0 Å². The molecule has 0 aliphatic rings. The fourth-order valence-electron chi connectivity index (χ4n) is 1.86. The Labute approximate surface area is 139 Å². The number of amides is 2. The molecule has 23 heavy (non-hydrogen) atoms. The van der Waals surface area contributed by atoms with Gasteiger partial charge in [-0.15, -0.1) is 0 Å². The van der Waals surface area contributed by atoms with E-state index in [0.29, 0.717) is 16.3 Å². The summed E-state index contributed by atoms with van der Waals surface area (Å²) >= 11 is 5.85. The number of hydrogen-bond donors (Lipinski definition) is 2. The summed E-state index contributed by atoms with van der Waals surface area (Å²) in [5.41, 5.74) is 6.99. The molecule has 2 aromatic carbocycles. The summed E-state index contributed by atoms with van der Waals surface area (Å²) in [5, 5.41) is 0.602. The van der Waals surface area contributed by atoms with E-state index in [-0.39, 0.29) is 12.5 Å². The van der Waals surface area contributed by atoms with Crippen LogP contribution >= 0.6 is 11.6 Å². The fraction of sp³-hybridized carbons (Fsp3) is 0.176. The third-order valence-corrected chi connectivity index (χ3v) is 3.36. The van der Waals surface area contributed by atoms with Crippen molar-refractivity contribution in [2.24, 2.45) is 0 Å². The van der Waals surface area contributed by atoms with Crippen molar-refractivity contribution in [1.82, 2.24) is 10.9 Å². The minimum absolute atomic E-state index is 0.212. The van der Waals surface area contributed by atoms with Gasteiger partial charge in [0.1, 0.15) is 5.75 Å². The van der Waals surface area contributed by atoms with Crippen molar-refractivity contribution in [3.05, 3.63) is 64.2 Å². The van der Waals surface area contributed by atoms with Crippen LogP contribution in [0.5, 0.6) is 5.75 Å². The number of ether oxygens (including phenoxy) is 1. The zero-order chi connectivity index (χ0) is 16.8. The molecule has 0 bridgehead atoms. The average molecular weight is 333 g/mol. The van der Waals surface area contributed by atoms with Crippen molar-refractivity contribution in [3.8, 4) is 5.75 Å². The largest absolute Gasteiger partial charge is 0.483 e. The van der Waals surface area contributed by atoms with Crippen LogP contribution in [0.2, 0.25) is 5.02 Å². The highest BCUT2D eigenvalue weighted by atomic mass is 35.5. The number of nitrogens with one attached hydrogen (secondary N) is 2. The van der Waals surface area contributed by atoms with Crippen LogP contribution in [0.3, 0.4) is 0 Å². The van der Waals surface area contributed by atoms with Crippen LogP contribution < -0.4 is 15.6 Å². The summed E-state index contributed by atoms with van der Waals surface area (Å²) in [6.45, 7) is 3.55. The maximum Gasteiger partial charge on any atom is 0.276 e. The Kier molecular flexibility index (Phi) is 5.60. The van der Waals surface area contributed by atoms with Crippen LogP contribution in [0.25, 0.3) is 0 Å². The second-order valence-electron chi connectivity index (χ2n) is 5.07. The van der Waals surface area contributed by atoms with E-state index in [4.69, 9.17) is 16.3 Å². The van der Waals surface area contributed by atoms with E-state index in [1.54, 1.807) is 30.3 Å². The van der Waals surface area contributed by atoms with Crippen molar-refractivity contribution in [1.29, 1.82) is 0 Å². The third kappa shape index (κ3) is 5.00. The van der Waals surface area contributed by atoms with Gasteiger partial charge in [0, 0.05) is 10.6 Å². The van der Waals surface area contributed by atoms with Gasteiger partial charge in [0.2, 0.25) is 0 Å². The molecule has 5 nitrogen and oxygen atoms in total. The first-order valence-corrected chi connectivity index (χ1v) is 7.38. The molecule has 0 unspecified atom stereocenters. The Morgan fingerprint density at radius 3 is 2.39 bits per heavy atom. The van der Waals surface area contributed by atoms with E-state index in [9.17, 15) is 9.59 Å². The number of halogens is 1. The predicted molar refractivity (Wildman–Crippen MR) is 88.5 cm³/mol. The van der Waals surface area contributed by atoms with Gasteiger partial charge in [0.15, 0.2) is 6.61 Å². The summed E-state index contributed by atoms with van der Waals surface area (Å²) in [7, 11) is 0. The highest BCUT2D eigenvalue weighted by Gasteiger charge is 2.08. The number of rotatable bonds is 4. The highest BCUT2D eigenvalue weighted by molar-refractivity contribution is 6.30. The molecule has 0 heterocycles. The second-order valence-corrected chi connectivity index (χ2v) is 5.50. The summed E-state index contributed by atoms with van der Waals surface area (Å²) < 4.78 is 5.39. The molecule has 0 atom stereocenters. The molecular weight excluding hydrogens is 316 g/mol. The quantitative estimate of drug-likeness (QED) is 0.846. The Bertz CT molecular complexity index is 714. The van der Waals surface area contributed by atoms with E-state index >= 15 is 0 Å². The SMILES string of the molecule is Cc1ccc(C(=O)NNC(=O)COc2ccc(Cl)cc2C)cc1. The molecule has 0 aliphatic carbocycles. The molecule has 0 fully saturated rings. The van der Waals surface area contributed by atoms with Crippen molar-refractivity contribution in [2.45, 2.75) is 13.8 Å². The average Bonchev–Trinajstić information content (AvgIpc) is 2.52. The van der Waals surface area contributed by atoms with Gasteiger partial charge >= 0.3 is 0 Å². The van der Waals surface area contributed by atoms with Gasteiger partial charge in [-0.25, -0.2) is 0 Å². The minimum atomic E-state index is -0.459. The van der Waals surface area contributed by atoms with Crippen LogP contribution in [-0.2, 0) is 4.79 Å². The van der Waals surface area contributed by atoms with Crippen molar-refractivity contribution < 1.29 is 14.3 Å². The van der Waals surface area contributed by atoms with Gasteiger partial charge in [-0.1, -0.05) is 29.3 Å². The lowest BCUT2D eigenvalue weighted by Gasteiger charge is -2.10. The second kappa shape index (κ2) is 7.65. The monoisotopic (exact) mass is 332 g/mol. The maximum absolute atomic E-state index is 11.8. The van der Waals surface area contributed by atoms with E-state index in [1.165, 1.54) is 0 Å². The smallest absolute Gasteiger partial charge is 0.276 e. The number of carbonyl (C=O) groups is 2. The van der Waals surface area contributed by atoms with Crippen LogP contribution in [0.15, 0.2) is 42.5 Å². The van der Waals surface area contributed by atoms with Gasteiger partial charge in [-0.05, 0) is 49.7 Å². The summed E-state index contributed by atoms with van der Waals surface area (Å²) in [4.78, 5) is 23.6. The highest BCUT2D eigenvalue weighted by Crippen LogP contribution is 2.21. The standard InChI is InChI=1S/C17H17ClN2O3/c1-11-3-5-13(6-4-11)17(22)20-19-16(21)10-23-15-8-7-14(18)9-12(15)2/h3-9H,10H2,1-2H3,(H,19,21)(H,20,22). The molecule has 120 valence electrons. The Morgan fingerprint density at radius 2 is 1.74 bits per heavy atom. The molecule has 0 saturated carbocycles. The summed E-state index contributed by atoms with van der Waals surface area (Å²) in [6, 6.07) is 12.1. The lowest BCUT2D eigenvalue weighted by molar-refractivity contribution is -0.123. The molecule has 0 spiro atoms. The first-order valence-electron chi connectivity index (χ1n) is 7.00. The van der Waals surface area contributed by atoms with Crippen molar-refractivity contribution in [2.75, 3.05) is 6.61 Å². The van der Waals surface area contributed by atoms with Gasteiger partial charge < -0.3 is 4.74 Å². The molecule has 6 heteroatoms. The third-order valence-electron chi connectivity index (χ3n) is 3.12. The van der Waals surface area contributed by atoms with E-state index in [0.717, 1.165) is 11.1 Å². The zero-order valence-electron chi connectivity index (χ0n) is 12.9. The number of hydrazine groups is 1. The molecule has 0 aliphatic heterocycles. The lowest BCUT2D eigenvalue weighted by atomic mass is 10.1. The summed E-state index contributed by atoms with van der Waals surface area (Å²) in [6.07, 6.45) is 0. The van der Waals surface area contributed by atoms with Crippen LogP contribution in [-0.4, -0.2) is 18.4 Å². The molecule has 0 aromatic heterocycles. The van der Waals surface area contributed by atoms with Crippen LogP contribution in [0, 0.1) is 13.8 Å². The Morgan fingerprint density at radius 1 is 1.04 bits per heavy atom. The zero-order valence-corrected chi connectivity index (χ0v) is 13.6. The molecular formula is C17H17ClN2O3. The molecule has 0 saturated heterocycles. The lowest BCUT2D eigenvalue weighted by Crippen LogP contribution is -2.43. The van der Waals surface area contributed by atoms with Crippen molar-refractivity contribution >= 4 is 23.4 Å². The minimum Gasteiger partial charge on any atom is -0.483 e. The molecule has 2 N–H and O–H groups in total. The molecule has 2 aromatic rings. The van der Waals surface area contributed by atoms with Gasteiger partial charge in [0.05, 0.1) is 0 Å². The fourth-order valence-corrected chi connectivity index (χ4v) is 2.08. The normalized spacial score (nSPS) is 10.0. The predicted octanol–water partition coefficient (Wildman–Crippen LogP) is 2.80. The molecule has 2 rings (SSSR count). The number of aryl methyl sites for hydroxylation is 2. The Hall–Kier alpha value is -2.53. The molecule has 2 amide bonds. The summed E-state index contributed by atoms with van der Waals surface area (Å²) in [5.74, 6) is -0.282. The maximum atomic E-state index is 11.8. The Balaban J connectivity index is 1.81. The van der Waals surface area contributed by atoms with Crippen LogP contribution in [0.1, 0.15) is 21.5 Å². The van der Waals surface area contributed by atoms with Gasteiger partial charge in [-0.2, -0.15) is 0 Å². The number of benzene rings is 2. The topological polar surface area (TPSA) is 67.4 Å². The van der Waals surface area contributed by atoms with E-state index < -0.39 is 5.91 Å². The number of hydrogen-bond acceptors (Lipinski definition) is 3. The molecule has 0 radical (unpaired) electrons. The van der Waals surface area contributed by atoms with Gasteiger partial charge in [0.25, 0.3) is 11.8 Å². The number of carbonyl (C=O) groups excluding carboxylic acids is 2. The first-order chi connectivity index (χ1) is 11.0.